The molecule has 0 unspecified atom stereocenters. The van der Waals surface area contributed by atoms with Crippen LogP contribution in [0.25, 0.3) is 0 Å². The highest BCUT2D eigenvalue weighted by molar-refractivity contribution is 5.76. The number of rotatable bonds is 7. The summed E-state index contributed by atoms with van der Waals surface area (Å²) in [5.41, 5.74) is 3.46. The van der Waals surface area contributed by atoms with Gasteiger partial charge in [0.15, 0.2) is 0 Å². The lowest BCUT2D eigenvalue weighted by Crippen LogP contribution is -2.36. The van der Waals surface area contributed by atoms with E-state index in [2.05, 4.69) is 27.7 Å². The third-order valence-corrected chi connectivity index (χ3v) is 5.46. The normalized spacial score (nSPS) is 15.5. The number of hydrogen-bond acceptors (Lipinski definition) is 4. The second kappa shape index (κ2) is 9.73. The molecule has 2 heterocycles. The minimum Gasteiger partial charge on any atom is -0.497 e. The number of methoxy groups -OCH3 is 1. The number of aryl methyl sites for hydroxylation is 3. The van der Waals surface area contributed by atoms with Crippen LogP contribution in [-0.2, 0) is 17.8 Å². The molecular weight excluding hydrogens is 352 g/mol. The van der Waals surface area contributed by atoms with Crippen LogP contribution < -0.4 is 4.74 Å². The predicted molar refractivity (Wildman–Crippen MR) is 111 cm³/mol. The van der Waals surface area contributed by atoms with Gasteiger partial charge in [-0.1, -0.05) is 12.1 Å². The van der Waals surface area contributed by atoms with E-state index in [0.717, 1.165) is 63.6 Å². The van der Waals surface area contributed by atoms with Crippen molar-refractivity contribution >= 4 is 5.91 Å². The van der Waals surface area contributed by atoms with Crippen LogP contribution in [0.3, 0.4) is 0 Å². The Hall–Kier alpha value is -2.34. The van der Waals surface area contributed by atoms with E-state index >= 15 is 0 Å². The maximum atomic E-state index is 12.6. The molecule has 3 rings (SSSR count). The average Bonchev–Trinajstić information content (AvgIpc) is 2.89. The van der Waals surface area contributed by atoms with Gasteiger partial charge < -0.3 is 9.64 Å². The molecule has 0 bridgehead atoms. The first-order chi connectivity index (χ1) is 13.5. The standard InChI is InChI=1S/C22H32N4O2/c1-18-17-19(2)26(23-18)16-14-24-11-4-12-25(15-13-24)22(27)10-7-20-5-8-21(28-3)9-6-20/h5-6,8-9,17H,4,7,10-16H2,1-3H3. The lowest BCUT2D eigenvalue weighted by Gasteiger charge is -2.22. The van der Waals surface area contributed by atoms with E-state index in [0.29, 0.717) is 6.42 Å². The van der Waals surface area contributed by atoms with E-state index in [9.17, 15) is 4.79 Å². The molecule has 0 radical (unpaired) electrons. The second-order valence-corrected chi connectivity index (χ2v) is 7.57. The molecule has 1 saturated heterocycles. The van der Waals surface area contributed by atoms with Gasteiger partial charge in [-0.05, 0) is 57.0 Å². The fourth-order valence-electron chi connectivity index (χ4n) is 3.78. The molecule has 1 aromatic heterocycles. The van der Waals surface area contributed by atoms with Crippen molar-refractivity contribution in [2.45, 2.75) is 39.7 Å². The van der Waals surface area contributed by atoms with E-state index in [1.54, 1.807) is 7.11 Å². The summed E-state index contributed by atoms with van der Waals surface area (Å²) in [6.07, 6.45) is 2.38. The number of amides is 1. The monoisotopic (exact) mass is 384 g/mol. The molecule has 1 aliphatic heterocycles. The highest BCUT2D eigenvalue weighted by atomic mass is 16.5. The molecule has 1 amide bonds. The molecule has 2 aromatic rings. The van der Waals surface area contributed by atoms with Crippen molar-refractivity contribution in [3.8, 4) is 5.75 Å². The molecule has 28 heavy (non-hydrogen) atoms. The lowest BCUT2D eigenvalue weighted by molar-refractivity contribution is -0.131. The summed E-state index contributed by atoms with van der Waals surface area (Å²) in [4.78, 5) is 17.1. The van der Waals surface area contributed by atoms with Gasteiger partial charge in [0.25, 0.3) is 0 Å². The van der Waals surface area contributed by atoms with Gasteiger partial charge in [0.1, 0.15) is 5.75 Å². The zero-order valence-corrected chi connectivity index (χ0v) is 17.4. The quantitative estimate of drug-likeness (QED) is 0.736. The number of aromatic nitrogens is 2. The Morgan fingerprint density at radius 3 is 2.54 bits per heavy atom. The summed E-state index contributed by atoms with van der Waals surface area (Å²) in [6.45, 7) is 9.68. The molecule has 0 saturated carbocycles. The first kappa shape index (κ1) is 20.4. The van der Waals surface area contributed by atoms with Gasteiger partial charge in [-0.3, -0.25) is 14.4 Å². The van der Waals surface area contributed by atoms with Crippen LogP contribution in [0.4, 0.5) is 0 Å². The molecule has 1 fully saturated rings. The van der Waals surface area contributed by atoms with Crippen LogP contribution in [0.2, 0.25) is 0 Å². The molecule has 0 aliphatic carbocycles. The molecule has 0 atom stereocenters. The number of ether oxygens (including phenoxy) is 1. The van der Waals surface area contributed by atoms with Crippen LogP contribution in [-0.4, -0.2) is 65.3 Å². The summed E-state index contributed by atoms with van der Waals surface area (Å²) < 4.78 is 7.27. The fraction of sp³-hybridized carbons (Fsp3) is 0.545. The van der Waals surface area contributed by atoms with E-state index in [-0.39, 0.29) is 5.91 Å². The predicted octanol–water partition coefficient (Wildman–Crippen LogP) is 2.68. The first-order valence-corrected chi connectivity index (χ1v) is 10.2. The van der Waals surface area contributed by atoms with Gasteiger partial charge in [-0.25, -0.2) is 0 Å². The summed E-state index contributed by atoms with van der Waals surface area (Å²) in [5.74, 6) is 1.11. The Kier molecular flexibility index (Phi) is 7.09. The van der Waals surface area contributed by atoms with Crippen LogP contribution in [0.5, 0.6) is 5.75 Å². The molecule has 152 valence electrons. The van der Waals surface area contributed by atoms with Gasteiger partial charge in [0.05, 0.1) is 19.3 Å². The minimum atomic E-state index is 0.260. The van der Waals surface area contributed by atoms with Gasteiger partial charge in [-0.15, -0.1) is 0 Å². The summed E-state index contributed by atoms with van der Waals surface area (Å²) in [7, 11) is 1.67. The average molecular weight is 385 g/mol. The third-order valence-electron chi connectivity index (χ3n) is 5.46. The van der Waals surface area contributed by atoms with Crippen molar-refractivity contribution < 1.29 is 9.53 Å². The van der Waals surface area contributed by atoms with E-state index in [4.69, 9.17) is 4.74 Å². The van der Waals surface area contributed by atoms with Gasteiger partial charge >= 0.3 is 0 Å². The Balaban J connectivity index is 1.43. The van der Waals surface area contributed by atoms with Gasteiger partial charge in [0.2, 0.25) is 5.91 Å². The molecule has 0 N–H and O–H groups in total. The molecular formula is C22H32N4O2. The molecule has 1 aliphatic rings. The number of carbonyl (C=O) groups is 1. The number of benzene rings is 1. The zero-order chi connectivity index (χ0) is 19.9. The smallest absolute Gasteiger partial charge is 0.222 e. The molecule has 6 nitrogen and oxygen atoms in total. The summed E-state index contributed by atoms with van der Waals surface area (Å²) in [5, 5.41) is 4.54. The van der Waals surface area contributed by atoms with E-state index in [1.807, 2.05) is 36.1 Å². The Bertz CT molecular complexity index is 769. The number of hydrogen-bond donors (Lipinski definition) is 0. The van der Waals surface area contributed by atoms with Crippen molar-refractivity contribution in [2.24, 2.45) is 0 Å². The highest BCUT2D eigenvalue weighted by Gasteiger charge is 2.19. The van der Waals surface area contributed by atoms with Crippen LogP contribution in [0.1, 0.15) is 29.8 Å². The SMILES string of the molecule is COc1ccc(CCC(=O)N2CCCN(CCn3nc(C)cc3C)CC2)cc1. The summed E-state index contributed by atoms with van der Waals surface area (Å²) in [6, 6.07) is 10.1. The second-order valence-electron chi connectivity index (χ2n) is 7.57. The number of nitrogens with zero attached hydrogens (tertiary/aromatic N) is 4. The van der Waals surface area contributed by atoms with Crippen molar-refractivity contribution in [1.29, 1.82) is 0 Å². The molecule has 1 aromatic carbocycles. The van der Waals surface area contributed by atoms with E-state index < -0.39 is 0 Å². The molecule has 0 spiro atoms. The van der Waals surface area contributed by atoms with Crippen molar-refractivity contribution in [2.75, 3.05) is 39.8 Å². The lowest BCUT2D eigenvalue weighted by atomic mass is 10.1. The first-order valence-electron chi connectivity index (χ1n) is 10.2. The van der Waals surface area contributed by atoms with Gasteiger partial charge in [-0.2, -0.15) is 5.10 Å². The molecule has 6 heteroatoms. The fourth-order valence-corrected chi connectivity index (χ4v) is 3.78. The van der Waals surface area contributed by atoms with Crippen molar-refractivity contribution in [3.63, 3.8) is 0 Å². The summed E-state index contributed by atoms with van der Waals surface area (Å²) >= 11 is 0. The highest BCUT2D eigenvalue weighted by Crippen LogP contribution is 2.14. The van der Waals surface area contributed by atoms with Crippen molar-refractivity contribution in [3.05, 3.63) is 47.3 Å². The zero-order valence-electron chi connectivity index (χ0n) is 17.4. The Morgan fingerprint density at radius 2 is 1.86 bits per heavy atom. The Morgan fingerprint density at radius 1 is 1.07 bits per heavy atom. The van der Waals surface area contributed by atoms with Crippen LogP contribution in [0.15, 0.2) is 30.3 Å². The minimum absolute atomic E-state index is 0.260. The topological polar surface area (TPSA) is 50.6 Å². The maximum absolute atomic E-state index is 12.6. The van der Waals surface area contributed by atoms with Crippen LogP contribution in [0, 0.1) is 13.8 Å². The van der Waals surface area contributed by atoms with Crippen molar-refractivity contribution in [1.82, 2.24) is 19.6 Å². The van der Waals surface area contributed by atoms with Crippen LogP contribution >= 0.6 is 0 Å². The van der Waals surface area contributed by atoms with E-state index in [1.165, 1.54) is 11.3 Å². The largest absolute Gasteiger partial charge is 0.497 e. The number of carbonyl (C=O) groups excluding carboxylic acids is 1. The van der Waals surface area contributed by atoms with Gasteiger partial charge in [0, 0.05) is 38.3 Å². The third kappa shape index (κ3) is 5.58. The maximum Gasteiger partial charge on any atom is 0.222 e. The Labute approximate surface area is 168 Å².